The lowest BCUT2D eigenvalue weighted by Crippen LogP contribution is -2.00. The van der Waals surface area contributed by atoms with Crippen LogP contribution in [-0.4, -0.2) is 9.55 Å². The van der Waals surface area contributed by atoms with Gasteiger partial charge < -0.3 is 5.73 Å². The van der Waals surface area contributed by atoms with Crippen LogP contribution in [0, 0.1) is 17.1 Å². The Hall–Kier alpha value is -2.87. The van der Waals surface area contributed by atoms with Gasteiger partial charge in [0.25, 0.3) is 0 Å². The summed E-state index contributed by atoms with van der Waals surface area (Å²) in [6, 6.07) is 13.3. The zero-order valence-electron chi connectivity index (χ0n) is 9.84. The molecule has 0 atom stereocenters. The fourth-order valence-corrected chi connectivity index (χ4v) is 2.05. The van der Waals surface area contributed by atoms with Gasteiger partial charge in [-0.1, -0.05) is 6.07 Å². The number of aromatic nitrogens is 2. The molecule has 3 aromatic rings. The number of anilines is 1. The molecule has 3 rings (SSSR count). The highest BCUT2D eigenvalue weighted by Crippen LogP contribution is 2.24. The van der Waals surface area contributed by atoms with Crippen molar-refractivity contribution in [1.82, 2.24) is 9.55 Å². The predicted molar refractivity (Wildman–Crippen MR) is 70.2 cm³/mol. The molecule has 0 aliphatic rings. The van der Waals surface area contributed by atoms with E-state index < -0.39 is 0 Å². The summed E-state index contributed by atoms with van der Waals surface area (Å²) in [5, 5.41) is 8.92. The van der Waals surface area contributed by atoms with Crippen LogP contribution in [0.3, 0.4) is 0 Å². The van der Waals surface area contributed by atoms with Crippen molar-refractivity contribution >= 4 is 17.0 Å². The van der Waals surface area contributed by atoms with E-state index in [1.807, 2.05) is 0 Å². The average molecular weight is 252 g/mol. The monoisotopic (exact) mass is 252 g/mol. The van der Waals surface area contributed by atoms with Crippen LogP contribution in [-0.2, 0) is 0 Å². The fraction of sp³-hybridized carbons (Fsp3) is 0. The second kappa shape index (κ2) is 4.10. The van der Waals surface area contributed by atoms with Gasteiger partial charge in [0.15, 0.2) is 0 Å². The molecule has 1 aromatic heterocycles. The smallest absolute Gasteiger partial charge is 0.205 e. The van der Waals surface area contributed by atoms with Gasteiger partial charge in [0.05, 0.1) is 28.4 Å². The van der Waals surface area contributed by atoms with Crippen LogP contribution in [0.5, 0.6) is 0 Å². The summed E-state index contributed by atoms with van der Waals surface area (Å²) in [4.78, 5) is 4.18. The quantitative estimate of drug-likeness (QED) is 0.723. The van der Waals surface area contributed by atoms with Crippen LogP contribution in [0.15, 0.2) is 42.5 Å². The van der Waals surface area contributed by atoms with Gasteiger partial charge in [-0.3, -0.25) is 4.57 Å². The van der Waals surface area contributed by atoms with E-state index in [-0.39, 0.29) is 11.8 Å². The third-order valence-electron chi connectivity index (χ3n) is 2.88. The Morgan fingerprint density at radius 3 is 2.84 bits per heavy atom. The number of halogens is 1. The van der Waals surface area contributed by atoms with Crippen molar-refractivity contribution in [2.45, 2.75) is 0 Å². The summed E-state index contributed by atoms with van der Waals surface area (Å²) < 4.78 is 15.0. The predicted octanol–water partition coefficient (Wildman–Crippen LogP) is 2.62. The van der Waals surface area contributed by atoms with Crippen LogP contribution in [0.4, 0.5) is 10.3 Å². The molecule has 0 aliphatic heterocycles. The van der Waals surface area contributed by atoms with E-state index >= 15 is 0 Å². The third kappa shape index (κ3) is 1.79. The van der Waals surface area contributed by atoms with Crippen LogP contribution in [0.25, 0.3) is 16.7 Å². The molecule has 2 N–H and O–H groups in total. The zero-order chi connectivity index (χ0) is 13.4. The Morgan fingerprint density at radius 1 is 1.21 bits per heavy atom. The molecule has 92 valence electrons. The van der Waals surface area contributed by atoms with Gasteiger partial charge in [0.1, 0.15) is 5.82 Å². The summed E-state index contributed by atoms with van der Waals surface area (Å²) in [6.45, 7) is 0. The summed E-state index contributed by atoms with van der Waals surface area (Å²) >= 11 is 0. The second-order valence-electron chi connectivity index (χ2n) is 4.10. The van der Waals surface area contributed by atoms with Crippen LogP contribution in [0.2, 0.25) is 0 Å². The molecular weight excluding hydrogens is 243 g/mol. The highest BCUT2D eigenvalue weighted by atomic mass is 19.1. The number of imidazole rings is 1. The van der Waals surface area contributed by atoms with Gasteiger partial charge in [0.2, 0.25) is 5.95 Å². The van der Waals surface area contributed by atoms with E-state index in [1.165, 1.54) is 12.1 Å². The van der Waals surface area contributed by atoms with Crippen molar-refractivity contribution in [3.8, 4) is 11.8 Å². The molecule has 0 bridgehead atoms. The van der Waals surface area contributed by atoms with Gasteiger partial charge in [-0.05, 0) is 30.3 Å². The lowest BCUT2D eigenvalue weighted by Gasteiger charge is -2.06. The number of nitrogens with two attached hydrogens (primary N) is 1. The van der Waals surface area contributed by atoms with Gasteiger partial charge in [-0.25, -0.2) is 9.37 Å². The van der Waals surface area contributed by atoms with Gasteiger partial charge in [-0.15, -0.1) is 0 Å². The fourth-order valence-electron chi connectivity index (χ4n) is 2.05. The van der Waals surface area contributed by atoms with Crippen molar-refractivity contribution in [3.63, 3.8) is 0 Å². The minimum Gasteiger partial charge on any atom is -0.369 e. The van der Waals surface area contributed by atoms with Crippen molar-refractivity contribution in [1.29, 1.82) is 5.26 Å². The number of hydrogen-bond donors (Lipinski definition) is 1. The number of nitrogen functional groups attached to an aromatic ring is 1. The Labute approximate surface area is 108 Å². The number of nitriles is 1. The minimum absolute atomic E-state index is 0.260. The van der Waals surface area contributed by atoms with Crippen LogP contribution >= 0.6 is 0 Å². The van der Waals surface area contributed by atoms with E-state index in [9.17, 15) is 4.39 Å². The Bertz CT molecular complexity index is 814. The van der Waals surface area contributed by atoms with Crippen molar-refractivity contribution in [2.24, 2.45) is 0 Å². The van der Waals surface area contributed by atoms with E-state index in [4.69, 9.17) is 11.0 Å². The molecule has 0 unspecified atom stereocenters. The van der Waals surface area contributed by atoms with Gasteiger partial charge >= 0.3 is 0 Å². The lowest BCUT2D eigenvalue weighted by molar-refractivity contribution is 0.629. The Balaban J connectivity index is 2.32. The molecule has 2 aromatic carbocycles. The van der Waals surface area contributed by atoms with Gasteiger partial charge in [-0.2, -0.15) is 5.26 Å². The van der Waals surface area contributed by atoms with Crippen molar-refractivity contribution in [2.75, 3.05) is 5.73 Å². The zero-order valence-corrected chi connectivity index (χ0v) is 9.84. The molecule has 0 fully saturated rings. The summed E-state index contributed by atoms with van der Waals surface area (Å²) in [5.74, 6) is -0.0965. The van der Waals surface area contributed by atoms with E-state index in [1.54, 1.807) is 34.9 Å². The summed E-state index contributed by atoms with van der Waals surface area (Å²) in [5.41, 5.74) is 8.26. The van der Waals surface area contributed by atoms with E-state index in [0.29, 0.717) is 22.3 Å². The Kier molecular flexibility index (Phi) is 2.43. The molecule has 0 amide bonds. The molecule has 19 heavy (non-hydrogen) atoms. The first-order chi connectivity index (χ1) is 9.19. The topological polar surface area (TPSA) is 67.6 Å². The normalized spacial score (nSPS) is 10.5. The maximum absolute atomic E-state index is 13.4. The highest BCUT2D eigenvalue weighted by molar-refractivity contribution is 5.81. The molecule has 0 saturated heterocycles. The second-order valence-corrected chi connectivity index (χ2v) is 4.10. The summed E-state index contributed by atoms with van der Waals surface area (Å²) in [7, 11) is 0. The van der Waals surface area contributed by atoms with Crippen LogP contribution in [0.1, 0.15) is 5.56 Å². The Morgan fingerprint density at radius 2 is 2.05 bits per heavy atom. The first-order valence-electron chi connectivity index (χ1n) is 5.63. The maximum Gasteiger partial charge on any atom is 0.205 e. The molecule has 1 heterocycles. The molecule has 0 aliphatic carbocycles. The third-order valence-corrected chi connectivity index (χ3v) is 2.88. The molecule has 5 heteroatoms. The summed E-state index contributed by atoms with van der Waals surface area (Å²) in [6.07, 6.45) is 0. The lowest BCUT2D eigenvalue weighted by atomic mass is 10.2. The number of rotatable bonds is 1. The molecule has 4 nitrogen and oxygen atoms in total. The van der Waals surface area contributed by atoms with Crippen molar-refractivity contribution < 1.29 is 4.39 Å². The number of fused-ring (bicyclic) bond motifs is 1. The molecule has 0 spiro atoms. The number of nitrogens with zero attached hydrogens (tertiary/aromatic N) is 3. The molecule has 0 radical (unpaired) electrons. The average Bonchev–Trinajstić information content (AvgIpc) is 2.74. The number of hydrogen-bond acceptors (Lipinski definition) is 3. The van der Waals surface area contributed by atoms with Crippen molar-refractivity contribution in [3.05, 3.63) is 53.8 Å². The first-order valence-corrected chi connectivity index (χ1v) is 5.63. The largest absolute Gasteiger partial charge is 0.369 e. The van der Waals surface area contributed by atoms with Crippen LogP contribution < -0.4 is 5.73 Å². The maximum atomic E-state index is 13.4. The van der Waals surface area contributed by atoms with E-state index in [0.717, 1.165) is 0 Å². The van der Waals surface area contributed by atoms with Gasteiger partial charge in [0, 0.05) is 6.07 Å². The highest BCUT2D eigenvalue weighted by Gasteiger charge is 2.11. The SMILES string of the molecule is N#Cc1cccc(-n2c(N)nc3ccc(F)cc32)c1. The first kappa shape index (κ1) is 11.2. The van der Waals surface area contributed by atoms with E-state index in [2.05, 4.69) is 11.1 Å². The number of benzene rings is 2. The minimum atomic E-state index is -0.356. The molecular formula is C14H9FN4. The standard InChI is InChI=1S/C14H9FN4/c15-10-4-5-12-13(7-10)19(14(17)18-12)11-3-1-2-9(6-11)8-16/h1-7H,(H2,17,18). The molecule has 0 saturated carbocycles.